The van der Waals surface area contributed by atoms with Crippen LogP contribution in [0.25, 0.3) is 0 Å². The average Bonchev–Trinajstić information content (AvgIpc) is 3.36. The van der Waals surface area contributed by atoms with E-state index < -0.39 is 6.10 Å². The normalized spacial score (nSPS) is 12.3. The van der Waals surface area contributed by atoms with Gasteiger partial charge in [-0.15, -0.1) is 0 Å². The molecule has 0 radical (unpaired) electrons. The van der Waals surface area contributed by atoms with Crippen molar-refractivity contribution in [3.05, 3.63) is 36.5 Å². The highest BCUT2D eigenvalue weighted by Crippen LogP contribution is 2.18. The highest BCUT2D eigenvalue weighted by Gasteiger charge is 2.18. The molecule has 0 heterocycles. The van der Waals surface area contributed by atoms with Crippen molar-refractivity contribution in [3.63, 3.8) is 0 Å². The first kappa shape index (κ1) is 68.1. The van der Waals surface area contributed by atoms with Crippen LogP contribution in [-0.4, -0.2) is 37.9 Å². The minimum atomic E-state index is -0.537. The van der Waals surface area contributed by atoms with Gasteiger partial charge in [-0.3, -0.25) is 9.59 Å². The van der Waals surface area contributed by atoms with E-state index in [2.05, 4.69) is 57.2 Å². The third kappa shape index (κ3) is 58.7. The summed E-state index contributed by atoms with van der Waals surface area (Å²) in [6, 6.07) is 0. The topological polar surface area (TPSA) is 61.8 Å². The zero-order chi connectivity index (χ0) is 50.6. The summed E-state index contributed by atoms with van der Waals surface area (Å²) in [6.07, 6.45) is 76.1. The number of ether oxygens (including phenoxy) is 3. The maximum atomic E-state index is 12.9. The lowest BCUT2D eigenvalue weighted by Crippen LogP contribution is -2.30. The molecule has 0 aliphatic rings. The Morgan fingerprint density at radius 2 is 0.643 bits per heavy atom. The van der Waals surface area contributed by atoms with Gasteiger partial charge in [0.25, 0.3) is 0 Å². The van der Waals surface area contributed by atoms with Gasteiger partial charge in [0.15, 0.2) is 6.10 Å². The minimum Gasteiger partial charge on any atom is -0.462 e. The predicted octanol–water partition coefficient (Wildman–Crippen LogP) is 21.7. The van der Waals surface area contributed by atoms with Crippen LogP contribution >= 0.6 is 0 Å². The Kier molecular flexibility index (Phi) is 59.8. The molecule has 0 aliphatic carbocycles. The van der Waals surface area contributed by atoms with Crippen LogP contribution in [0.15, 0.2) is 36.5 Å². The SMILES string of the molecule is CC/C=C\C/C=C\C/C=C\CCCCCCCCCC(=O)OC(COCCCCCCCCCCCCCCCCCCCC)COC(=O)CCCCCCCCCCCCCCCCCCCCC. The minimum absolute atomic E-state index is 0.0886. The largest absolute Gasteiger partial charge is 0.462 e. The fourth-order valence-electron chi connectivity index (χ4n) is 9.53. The van der Waals surface area contributed by atoms with Crippen LogP contribution in [0.3, 0.4) is 0 Å². The van der Waals surface area contributed by atoms with Gasteiger partial charge in [-0.2, -0.15) is 0 Å². The lowest BCUT2D eigenvalue weighted by atomic mass is 10.0. The summed E-state index contributed by atoms with van der Waals surface area (Å²) in [6.45, 7) is 7.79. The van der Waals surface area contributed by atoms with Gasteiger partial charge in [0.1, 0.15) is 6.61 Å². The van der Waals surface area contributed by atoms with Gasteiger partial charge in [-0.1, -0.05) is 314 Å². The summed E-state index contributed by atoms with van der Waals surface area (Å²) in [5.41, 5.74) is 0. The van der Waals surface area contributed by atoms with E-state index >= 15 is 0 Å². The molecule has 0 aromatic carbocycles. The third-order valence-electron chi connectivity index (χ3n) is 14.2. The molecule has 0 aromatic heterocycles. The molecule has 0 saturated heterocycles. The number of carbonyl (C=O) groups excluding carboxylic acids is 2. The van der Waals surface area contributed by atoms with Crippen molar-refractivity contribution in [2.75, 3.05) is 19.8 Å². The van der Waals surface area contributed by atoms with E-state index in [0.29, 0.717) is 26.1 Å². The first-order valence-corrected chi connectivity index (χ1v) is 31.5. The van der Waals surface area contributed by atoms with Crippen LogP contribution in [0.5, 0.6) is 0 Å². The monoisotopic (exact) mass is 983 g/mol. The fraction of sp³-hybridized carbons (Fsp3) is 0.877. The zero-order valence-corrected chi connectivity index (χ0v) is 47.6. The van der Waals surface area contributed by atoms with Gasteiger partial charge in [0.05, 0.1) is 6.61 Å². The van der Waals surface area contributed by atoms with Crippen LogP contribution in [0.1, 0.15) is 342 Å². The molecule has 5 nitrogen and oxygen atoms in total. The summed E-state index contributed by atoms with van der Waals surface area (Å²) in [4.78, 5) is 25.6. The molecule has 0 rings (SSSR count). The second-order valence-electron chi connectivity index (χ2n) is 21.3. The molecule has 0 aliphatic heterocycles. The molecule has 0 fully saturated rings. The molecule has 412 valence electrons. The summed E-state index contributed by atoms with van der Waals surface area (Å²) in [7, 11) is 0. The van der Waals surface area contributed by atoms with E-state index in [9.17, 15) is 9.59 Å². The molecule has 70 heavy (non-hydrogen) atoms. The van der Waals surface area contributed by atoms with E-state index in [0.717, 1.165) is 64.2 Å². The van der Waals surface area contributed by atoms with Crippen LogP contribution in [0.2, 0.25) is 0 Å². The Morgan fingerprint density at radius 3 is 1.03 bits per heavy atom. The number of unbranched alkanes of at least 4 members (excludes halogenated alkanes) is 42. The van der Waals surface area contributed by atoms with Gasteiger partial charge in [0, 0.05) is 19.4 Å². The van der Waals surface area contributed by atoms with Crippen molar-refractivity contribution in [2.45, 2.75) is 348 Å². The molecular weight excluding hydrogens is 861 g/mol. The summed E-state index contributed by atoms with van der Waals surface area (Å²) in [5, 5.41) is 0. The second-order valence-corrected chi connectivity index (χ2v) is 21.3. The maximum absolute atomic E-state index is 12.9. The molecule has 0 N–H and O–H groups in total. The summed E-state index contributed by atoms with van der Waals surface area (Å²) < 4.78 is 17.6. The number of carbonyl (C=O) groups is 2. The maximum Gasteiger partial charge on any atom is 0.306 e. The standard InChI is InChI=1S/C65H122O5/c1-4-7-10-13-16-19-22-25-28-31-33-35-37-40-43-46-49-52-55-58-64(66)69-62-63(61-68-60-57-54-51-48-45-42-39-36-32-29-26-23-20-17-14-11-8-5-2)70-65(67)59-56-53-50-47-44-41-38-34-30-27-24-21-18-15-12-9-6-3/h9,12,18,21,27,30,63H,4-8,10-11,13-17,19-20,22-26,28-29,31-62H2,1-3H3/b12-9-,21-18-,30-27-. The van der Waals surface area contributed by atoms with E-state index in [4.69, 9.17) is 14.2 Å². The van der Waals surface area contributed by atoms with Crippen molar-refractivity contribution in [1.29, 1.82) is 0 Å². The number of hydrogen-bond acceptors (Lipinski definition) is 5. The smallest absolute Gasteiger partial charge is 0.306 e. The lowest BCUT2D eigenvalue weighted by molar-refractivity contribution is -0.163. The summed E-state index contributed by atoms with van der Waals surface area (Å²) >= 11 is 0. The highest BCUT2D eigenvalue weighted by molar-refractivity contribution is 5.70. The van der Waals surface area contributed by atoms with Gasteiger partial charge in [-0.05, 0) is 51.4 Å². The lowest BCUT2D eigenvalue weighted by Gasteiger charge is -2.18. The number of rotatable bonds is 59. The first-order valence-electron chi connectivity index (χ1n) is 31.5. The Balaban J connectivity index is 4.22. The average molecular weight is 984 g/mol. The van der Waals surface area contributed by atoms with Crippen LogP contribution in [0.4, 0.5) is 0 Å². The van der Waals surface area contributed by atoms with E-state index in [1.54, 1.807) is 0 Å². The van der Waals surface area contributed by atoms with Gasteiger partial charge >= 0.3 is 11.9 Å². The summed E-state index contributed by atoms with van der Waals surface area (Å²) in [5.74, 6) is -0.383. The second kappa shape index (κ2) is 61.4. The van der Waals surface area contributed by atoms with E-state index in [1.165, 1.54) is 244 Å². The predicted molar refractivity (Wildman–Crippen MR) is 307 cm³/mol. The molecule has 0 spiro atoms. The van der Waals surface area contributed by atoms with Crippen molar-refractivity contribution in [1.82, 2.24) is 0 Å². The van der Waals surface area contributed by atoms with E-state index in [-0.39, 0.29) is 18.5 Å². The van der Waals surface area contributed by atoms with Crippen molar-refractivity contribution in [2.24, 2.45) is 0 Å². The van der Waals surface area contributed by atoms with Gasteiger partial charge in [0.2, 0.25) is 0 Å². The quantitative estimate of drug-likeness (QED) is 0.0345. The van der Waals surface area contributed by atoms with Crippen molar-refractivity contribution < 1.29 is 23.8 Å². The fourth-order valence-corrected chi connectivity index (χ4v) is 9.53. The Bertz CT molecular complexity index is 1110. The van der Waals surface area contributed by atoms with Crippen LogP contribution < -0.4 is 0 Å². The Hall–Kier alpha value is -1.88. The number of esters is 2. The molecule has 1 atom stereocenters. The van der Waals surface area contributed by atoms with Crippen molar-refractivity contribution in [3.8, 4) is 0 Å². The number of hydrogen-bond donors (Lipinski definition) is 0. The molecule has 0 saturated carbocycles. The Labute approximate surface area is 438 Å². The molecule has 0 amide bonds. The molecule has 1 unspecified atom stereocenters. The van der Waals surface area contributed by atoms with Gasteiger partial charge in [-0.25, -0.2) is 0 Å². The molecule has 0 bridgehead atoms. The highest BCUT2D eigenvalue weighted by atomic mass is 16.6. The van der Waals surface area contributed by atoms with E-state index in [1.807, 2.05) is 0 Å². The third-order valence-corrected chi connectivity index (χ3v) is 14.2. The van der Waals surface area contributed by atoms with Gasteiger partial charge < -0.3 is 14.2 Å². The molecule has 5 heteroatoms. The number of allylic oxidation sites excluding steroid dienone is 6. The molecular formula is C65H122O5. The molecule has 0 aromatic rings. The first-order chi connectivity index (χ1) is 34.6. The Morgan fingerprint density at radius 1 is 0.329 bits per heavy atom. The van der Waals surface area contributed by atoms with Crippen LogP contribution in [-0.2, 0) is 23.8 Å². The van der Waals surface area contributed by atoms with Crippen LogP contribution in [0, 0.1) is 0 Å². The van der Waals surface area contributed by atoms with Crippen molar-refractivity contribution >= 4 is 11.9 Å². The zero-order valence-electron chi connectivity index (χ0n) is 47.6.